The molecule has 0 radical (unpaired) electrons. The number of rotatable bonds is 49. The van der Waals surface area contributed by atoms with Crippen LogP contribution < -0.4 is 5.11 Å². The fraction of sp³-hybridized carbons (Fsp3) is 0.717. The Hall–Kier alpha value is -3.49. The van der Waals surface area contributed by atoms with Crippen molar-refractivity contribution in [1.29, 1.82) is 0 Å². The highest BCUT2D eigenvalue weighted by Crippen LogP contribution is 2.14. The third-order valence-electron chi connectivity index (χ3n) is 12.0. The molecule has 2 unspecified atom stereocenters. The molecule has 0 fully saturated rings. The van der Waals surface area contributed by atoms with Crippen molar-refractivity contribution in [2.24, 2.45) is 0 Å². The van der Waals surface area contributed by atoms with Gasteiger partial charge in [0.2, 0.25) is 0 Å². The number of aliphatic carboxylic acids is 1. The van der Waals surface area contributed by atoms with Gasteiger partial charge in [0.15, 0.2) is 6.10 Å². The summed E-state index contributed by atoms with van der Waals surface area (Å²) >= 11 is 0. The van der Waals surface area contributed by atoms with Crippen molar-refractivity contribution in [3.63, 3.8) is 0 Å². The van der Waals surface area contributed by atoms with E-state index in [1.807, 2.05) is 0 Å². The summed E-state index contributed by atoms with van der Waals surface area (Å²) in [6.45, 7) is 4.54. The van der Waals surface area contributed by atoms with Gasteiger partial charge in [-0.1, -0.05) is 202 Å². The van der Waals surface area contributed by atoms with Crippen LogP contribution in [-0.2, 0) is 28.6 Å². The Labute approximate surface area is 418 Å². The third-order valence-corrected chi connectivity index (χ3v) is 12.0. The molecule has 0 aromatic rings. The fourth-order valence-corrected chi connectivity index (χ4v) is 7.78. The summed E-state index contributed by atoms with van der Waals surface area (Å²) < 4.78 is 17.3. The number of esters is 2. The zero-order chi connectivity index (χ0) is 49.9. The molecule has 0 spiro atoms. The van der Waals surface area contributed by atoms with Crippen LogP contribution in [0.15, 0.2) is 85.1 Å². The van der Waals surface area contributed by atoms with E-state index < -0.39 is 18.1 Å². The van der Waals surface area contributed by atoms with E-state index in [1.165, 1.54) is 96.3 Å². The highest BCUT2D eigenvalue weighted by atomic mass is 16.6. The Morgan fingerprint density at radius 1 is 0.456 bits per heavy atom. The molecule has 8 heteroatoms. The Balaban J connectivity index is 4.27. The van der Waals surface area contributed by atoms with Crippen LogP contribution in [0, 0.1) is 0 Å². The van der Waals surface area contributed by atoms with E-state index in [9.17, 15) is 19.5 Å². The molecule has 0 aliphatic carbocycles. The normalized spacial score (nSPS) is 13.5. The Morgan fingerprint density at radius 3 is 1.22 bits per heavy atom. The molecule has 0 aromatic heterocycles. The number of likely N-dealkylation sites (N-methyl/N-ethyl adjacent to an activating group) is 1. The molecule has 0 amide bonds. The van der Waals surface area contributed by atoms with Crippen LogP contribution in [0.3, 0.4) is 0 Å². The smallest absolute Gasteiger partial charge is 0.306 e. The van der Waals surface area contributed by atoms with Gasteiger partial charge in [-0.25, -0.2) is 0 Å². The zero-order valence-electron chi connectivity index (χ0n) is 44.5. The quantitative estimate of drug-likeness (QED) is 0.0259. The summed E-state index contributed by atoms with van der Waals surface area (Å²) in [6.07, 6.45) is 66.2. The van der Waals surface area contributed by atoms with Crippen molar-refractivity contribution in [1.82, 2.24) is 0 Å². The van der Waals surface area contributed by atoms with Crippen LogP contribution in [0.5, 0.6) is 0 Å². The zero-order valence-corrected chi connectivity index (χ0v) is 44.5. The number of ether oxygens (including phenoxy) is 3. The number of carboxylic acid groups (broad SMARTS) is 1. The molecular formula is C60H103NO7. The molecular weight excluding hydrogens is 847 g/mol. The van der Waals surface area contributed by atoms with Crippen molar-refractivity contribution in [3.05, 3.63) is 85.1 Å². The maximum atomic E-state index is 12.8. The number of allylic oxidation sites excluding steroid dienone is 14. The number of hydrogen-bond acceptors (Lipinski definition) is 7. The minimum Gasteiger partial charge on any atom is -0.544 e. The van der Waals surface area contributed by atoms with Crippen LogP contribution in [0.1, 0.15) is 226 Å². The molecule has 0 aromatic carbocycles. The molecule has 0 saturated heterocycles. The minimum absolute atomic E-state index is 0.0278. The van der Waals surface area contributed by atoms with Crippen LogP contribution in [-0.4, -0.2) is 75.5 Å². The van der Waals surface area contributed by atoms with Crippen LogP contribution in [0.2, 0.25) is 0 Å². The lowest BCUT2D eigenvalue weighted by molar-refractivity contribution is -0.889. The highest BCUT2D eigenvalue weighted by Gasteiger charge is 2.25. The van der Waals surface area contributed by atoms with Crippen LogP contribution >= 0.6 is 0 Å². The van der Waals surface area contributed by atoms with E-state index in [0.29, 0.717) is 12.8 Å². The molecule has 2 atom stereocenters. The van der Waals surface area contributed by atoms with E-state index in [-0.39, 0.29) is 42.7 Å². The summed E-state index contributed by atoms with van der Waals surface area (Å²) in [4.78, 5) is 37.1. The van der Waals surface area contributed by atoms with Gasteiger partial charge in [0, 0.05) is 19.3 Å². The van der Waals surface area contributed by atoms with Crippen LogP contribution in [0.25, 0.3) is 0 Å². The first-order chi connectivity index (χ1) is 33.1. The average molecular weight is 950 g/mol. The minimum atomic E-state index is -1.13. The van der Waals surface area contributed by atoms with Gasteiger partial charge in [-0.2, -0.15) is 0 Å². The number of carbonyl (C=O) groups excluding carboxylic acids is 3. The number of unbranched alkanes of at least 4 members (excludes halogenated alkanes) is 21. The SMILES string of the molecule is CC/C=C/C/C=C/C/C=C/C/C=C/C/C=C/CCCCCCCCC(=O)OC(COCCC(C(=O)[O-])[N+](C)(C)C)COC(=O)CCCCCCCCC/C=C/C/C=C/CCCCCCCCCC. The van der Waals surface area contributed by atoms with Gasteiger partial charge >= 0.3 is 11.9 Å². The second-order valence-corrected chi connectivity index (χ2v) is 19.4. The van der Waals surface area contributed by atoms with Crippen molar-refractivity contribution < 1.29 is 38.2 Å². The molecule has 390 valence electrons. The molecule has 0 rings (SSSR count). The van der Waals surface area contributed by atoms with Gasteiger partial charge in [-0.15, -0.1) is 0 Å². The molecule has 0 N–H and O–H groups in total. The van der Waals surface area contributed by atoms with Gasteiger partial charge in [-0.3, -0.25) is 9.59 Å². The summed E-state index contributed by atoms with van der Waals surface area (Å²) in [5.74, 6) is -1.77. The molecule has 0 bridgehead atoms. The topological polar surface area (TPSA) is 102 Å². The molecule has 0 heterocycles. The second-order valence-electron chi connectivity index (χ2n) is 19.4. The van der Waals surface area contributed by atoms with Gasteiger partial charge in [0.05, 0.1) is 40.3 Å². The molecule has 68 heavy (non-hydrogen) atoms. The summed E-state index contributed by atoms with van der Waals surface area (Å²) in [7, 11) is 5.41. The maximum Gasteiger partial charge on any atom is 0.306 e. The highest BCUT2D eigenvalue weighted by molar-refractivity contribution is 5.70. The van der Waals surface area contributed by atoms with Crippen molar-refractivity contribution in [2.75, 3.05) is 41.0 Å². The molecule has 0 aliphatic heterocycles. The second kappa shape index (κ2) is 49.9. The first-order valence-corrected chi connectivity index (χ1v) is 27.6. The summed E-state index contributed by atoms with van der Waals surface area (Å²) in [5, 5.41) is 11.7. The number of nitrogens with zero attached hydrogens (tertiary/aromatic N) is 1. The number of hydrogen-bond donors (Lipinski definition) is 0. The summed E-state index contributed by atoms with van der Waals surface area (Å²) in [5.41, 5.74) is 0. The van der Waals surface area contributed by atoms with Crippen molar-refractivity contribution in [2.45, 2.75) is 238 Å². The fourth-order valence-electron chi connectivity index (χ4n) is 7.78. The number of carbonyl (C=O) groups is 3. The lowest BCUT2D eigenvalue weighted by Crippen LogP contribution is -2.55. The van der Waals surface area contributed by atoms with E-state index in [4.69, 9.17) is 14.2 Å². The van der Waals surface area contributed by atoms with Gasteiger partial charge in [0.1, 0.15) is 12.6 Å². The predicted molar refractivity (Wildman–Crippen MR) is 286 cm³/mol. The van der Waals surface area contributed by atoms with E-state index >= 15 is 0 Å². The van der Waals surface area contributed by atoms with Crippen LogP contribution in [0.4, 0.5) is 0 Å². The van der Waals surface area contributed by atoms with Crippen molar-refractivity contribution >= 4 is 17.9 Å². The van der Waals surface area contributed by atoms with Crippen molar-refractivity contribution in [3.8, 4) is 0 Å². The molecule has 0 aliphatic rings. The van der Waals surface area contributed by atoms with Gasteiger partial charge in [-0.05, 0) is 89.9 Å². The number of carboxylic acids is 1. The number of quaternary nitrogens is 1. The monoisotopic (exact) mass is 950 g/mol. The third kappa shape index (κ3) is 47.6. The summed E-state index contributed by atoms with van der Waals surface area (Å²) in [6, 6.07) is -0.735. The van der Waals surface area contributed by atoms with E-state index in [1.54, 1.807) is 21.1 Å². The standard InChI is InChI=1S/C60H103NO7/c1-6-8-10-12-14-16-18-20-22-24-26-28-30-32-34-36-38-40-42-44-46-48-50-58(62)67-55-56(54-66-53-52-57(60(64)65)61(3,4)5)68-59(63)51-49-47-45-43-41-39-37-35-33-31-29-27-25-23-21-19-17-15-13-11-9-7-2/h9,11,15,17,21,23-24,26-27,29-30,32-33,35,56-57H,6-8,10,12-14,16,18-20,22,25,28,31,34,36-55H2,1-5H3/b11-9+,17-15+,23-21+,26-24+,29-27+,32-30+,35-33+. The van der Waals surface area contributed by atoms with E-state index in [0.717, 1.165) is 96.3 Å². The van der Waals surface area contributed by atoms with E-state index in [2.05, 4.69) is 98.9 Å². The predicted octanol–water partition coefficient (Wildman–Crippen LogP) is 15.1. The lowest BCUT2D eigenvalue weighted by atomic mass is 10.1. The van der Waals surface area contributed by atoms with Gasteiger partial charge in [0.25, 0.3) is 0 Å². The largest absolute Gasteiger partial charge is 0.544 e. The maximum absolute atomic E-state index is 12.8. The first kappa shape index (κ1) is 64.5. The Bertz CT molecular complexity index is 1380. The Kier molecular flexibility index (Phi) is 47.4. The molecule has 8 nitrogen and oxygen atoms in total. The average Bonchev–Trinajstić information content (AvgIpc) is 3.30. The first-order valence-electron chi connectivity index (χ1n) is 27.6. The molecule has 0 saturated carbocycles. The van der Waals surface area contributed by atoms with Gasteiger partial charge < -0.3 is 28.6 Å². The lowest BCUT2D eigenvalue weighted by Gasteiger charge is -2.34. The Morgan fingerprint density at radius 2 is 0.824 bits per heavy atom.